The molecule has 0 rings (SSSR count). The van der Waals surface area contributed by atoms with Gasteiger partial charge in [-0.15, -0.1) is 0 Å². The molecule has 1 N–H and O–H groups in total. The summed E-state index contributed by atoms with van der Waals surface area (Å²) in [5, 5.41) is 9.32. The number of rotatable bonds is 13. The number of hydrogen-bond acceptors (Lipinski definition) is 1. The minimum atomic E-state index is 0.404. The van der Waals surface area contributed by atoms with Gasteiger partial charge in [0.15, 0.2) is 0 Å². The molecule has 0 amide bonds. The first kappa shape index (κ1) is 17.0. The molecule has 0 aromatic rings. The first-order valence-corrected chi connectivity index (χ1v) is 7.96. The van der Waals surface area contributed by atoms with Crippen LogP contribution in [0.2, 0.25) is 0 Å². The summed E-state index contributed by atoms with van der Waals surface area (Å²) in [6.45, 7) is 4.92. The lowest BCUT2D eigenvalue weighted by atomic mass is 9.95. The topological polar surface area (TPSA) is 20.2 Å². The molecule has 17 heavy (non-hydrogen) atoms. The third-order valence-electron chi connectivity index (χ3n) is 3.69. The van der Waals surface area contributed by atoms with E-state index >= 15 is 0 Å². The smallest absolute Gasteiger partial charge is 0.0459 e. The average Bonchev–Trinajstić information content (AvgIpc) is 2.36. The van der Waals surface area contributed by atoms with Gasteiger partial charge in [0.05, 0.1) is 0 Å². The first-order valence-electron chi connectivity index (χ1n) is 7.96. The molecule has 0 aliphatic rings. The Morgan fingerprint density at radius 2 is 1.06 bits per heavy atom. The fourth-order valence-electron chi connectivity index (χ4n) is 2.40. The Balaban J connectivity index is 3.28. The van der Waals surface area contributed by atoms with Crippen LogP contribution in [0.1, 0.15) is 90.9 Å². The monoisotopic (exact) mass is 242 g/mol. The molecule has 0 saturated heterocycles. The average molecular weight is 242 g/mol. The van der Waals surface area contributed by atoms with Crippen LogP contribution in [-0.4, -0.2) is 11.7 Å². The van der Waals surface area contributed by atoms with Crippen molar-refractivity contribution >= 4 is 0 Å². The van der Waals surface area contributed by atoms with Gasteiger partial charge in [0.25, 0.3) is 0 Å². The van der Waals surface area contributed by atoms with Gasteiger partial charge in [0, 0.05) is 6.61 Å². The zero-order valence-corrected chi connectivity index (χ0v) is 12.2. The highest BCUT2D eigenvalue weighted by atomic mass is 16.3. The molecule has 1 heteroatoms. The van der Waals surface area contributed by atoms with E-state index in [1.54, 1.807) is 0 Å². The van der Waals surface area contributed by atoms with Gasteiger partial charge in [0.1, 0.15) is 0 Å². The summed E-state index contributed by atoms with van der Waals surface area (Å²) in [5.74, 6) is 0.582. The molecule has 1 atom stereocenters. The molecule has 0 aromatic heterocycles. The predicted molar refractivity (Wildman–Crippen MR) is 77.3 cm³/mol. The Morgan fingerprint density at radius 1 is 0.647 bits per heavy atom. The molecular weight excluding hydrogens is 208 g/mol. The molecule has 0 saturated carbocycles. The van der Waals surface area contributed by atoms with E-state index in [-0.39, 0.29) is 0 Å². The molecule has 0 heterocycles. The molecule has 0 aromatic carbocycles. The van der Waals surface area contributed by atoms with Gasteiger partial charge in [0.2, 0.25) is 0 Å². The highest BCUT2D eigenvalue weighted by Crippen LogP contribution is 2.18. The molecular formula is C16H34O. The van der Waals surface area contributed by atoms with Crippen molar-refractivity contribution in [3.8, 4) is 0 Å². The summed E-state index contributed by atoms with van der Waals surface area (Å²) < 4.78 is 0. The highest BCUT2D eigenvalue weighted by Gasteiger charge is 2.06. The molecule has 0 radical (unpaired) electrons. The van der Waals surface area contributed by atoms with Crippen molar-refractivity contribution in [1.29, 1.82) is 0 Å². The van der Waals surface area contributed by atoms with Crippen LogP contribution >= 0.6 is 0 Å². The molecule has 0 bridgehead atoms. The van der Waals surface area contributed by atoms with Crippen molar-refractivity contribution in [3.63, 3.8) is 0 Å². The Morgan fingerprint density at radius 3 is 1.53 bits per heavy atom. The van der Waals surface area contributed by atoms with Crippen LogP contribution in [-0.2, 0) is 0 Å². The lowest BCUT2D eigenvalue weighted by molar-refractivity contribution is 0.204. The zero-order valence-electron chi connectivity index (χ0n) is 12.2. The second-order valence-corrected chi connectivity index (χ2v) is 5.45. The van der Waals surface area contributed by atoms with Gasteiger partial charge >= 0.3 is 0 Å². The van der Waals surface area contributed by atoms with E-state index < -0.39 is 0 Å². The van der Waals surface area contributed by atoms with Crippen LogP contribution in [0.5, 0.6) is 0 Å². The second-order valence-electron chi connectivity index (χ2n) is 5.45. The van der Waals surface area contributed by atoms with Crippen LogP contribution in [0.4, 0.5) is 0 Å². The maximum absolute atomic E-state index is 9.32. The second kappa shape index (κ2) is 14.0. The van der Waals surface area contributed by atoms with E-state index in [1.807, 2.05) is 0 Å². The summed E-state index contributed by atoms with van der Waals surface area (Å²) >= 11 is 0. The lowest BCUT2D eigenvalue weighted by Crippen LogP contribution is -2.06. The summed E-state index contributed by atoms with van der Waals surface area (Å²) in [6, 6.07) is 0. The van der Waals surface area contributed by atoms with Crippen molar-refractivity contribution in [3.05, 3.63) is 0 Å². The van der Waals surface area contributed by atoms with E-state index in [4.69, 9.17) is 0 Å². The Labute approximate surface area is 109 Å². The van der Waals surface area contributed by atoms with E-state index in [1.165, 1.54) is 77.0 Å². The van der Waals surface area contributed by atoms with E-state index in [9.17, 15) is 5.11 Å². The van der Waals surface area contributed by atoms with Crippen LogP contribution in [0.25, 0.3) is 0 Å². The van der Waals surface area contributed by atoms with Gasteiger partial charge in [-0.3, -0.25) is 0 Å². The Bertz CT molecular complexity index is 133. The number of aliphatic hydroxyl groups is 1. The number of hydrogen-bond donors (Lipinski definition) is 1. The van der Waals surface area contributed by atoms with Crippen molar-refractivity contribution in [2.24, 2.45) is 5.92 Å². The minimum absolute atomic E-state index is 0.404. The van der Waals surface area contributed by atoms with E-state index in [2.05, 4.69) is 13.8 Å². The van der Waals surface area contributed by atoms with Crippen molar-refractivity contribution < 1.29 is 5.11 Å². The van der Waals surface area contributed by atoms with Gasteiger partial charge in [-0.05, 0) is 18.8 Å². The lowest BCUT2D eigenvalue weighted by Gasteiger charge is -2.13. The first-order chi connectivity index (χ1) is 8.35. The van der Waals surface area contributed by atoms with Crippen LogP contribution in [0.3, 0.4) is 0 Å². The minimum Gasteiger partial charge on any atom is -0.396 e. The van der Waals surface area contributed by atoms with Crippen LogP contribution in [0.15, 0.2) is 0 Å². The summed E-state index contributed by atoms with van der Waals surface area (Å²) in [4.78, 5) is 0. The highest BCUT2D eigenvalue weighted by molar-refractivity contribution is 4.59. The Hall–Kier alpha value is -0.0400. The predicted octanol–water partition coefficient (Wildman–Crippen LogP) is 5.32. The van der Waals surface area contributed by atoms with Crippen LogP contribution in [0, 0.1) is 5.92 Å². The normalized spacial score (nSPS) is 12.9. The number of aliphatic hydroxyl groups excluding tert-OH is 1. The molecule has 0 aliphatic heterocycles. The van der Waals surface area contributed by atoms with Gasteiger partial charge in [-0.1, -0.05) is 78.1 Å². The van der Waals surface area contributed by atoms with Crippen molar-refractivity contribution in [2.75, 3.05) is 6.61 Å². The summed E-state index contributed by atoms with van der Waals surface area (Å²) in [6.07, 6.45) is 16.0. The molecule has 104 valence electrons. The molecule has 0 spiro atoms. The molecule has 0 aliphatic carbocycles. The maximum Gasteiger partial charge on any atom is 0.0459 e. The van der Waals surface area contributed by atoms with E-state index in [0.717, 1.165) is 0 Å². The molecule has 0 unspecified atom stereocenters. The van der Waals surface area contributed by atoms with Gasteiger partial charge in [-0.25, -0.2) is 0 Å². The standard InChI is InChI=1S/C16H34O/c1-3-5-7-9-10-12-14-16(15-17)13-11-8-6-4-2/h16-17H,3-15H2,1-2H3/t16-/m1/s1. The largest absolute Gasteiger partial charge is 0.396 e. The quantitative estimate of drug-likeness (QED) is 0.434. The van der Waals surface area contributed by atoms with Crippen LogP contribution < -0.4 is 0 Å². The fraction of sp³-hybridized carbons (Fsp3) is 1.00. The van der Waals surface area contributed by atoms with Gasteiger partial charge < -0.3 is 5.11 Å². The van der Waals surface area contributed by atoms with Crippen molar-refractivity contribution in [1.82, 2.24) is 0 Å². The summed E-state index contributed by atoms with van der Waals surface area (Å²) in [7, 11) is 0. The number of unbranched alkanes of at least 4 members (excludes halogenated alkanes) is 8. The Kier molecular flexibility index (Phi) is 14.0. The zero-order chi connectivity index (χ0) is 12.8. The van der Waals surface area contributed by atoms with E-state index in [0.29, 0.717) is 12.5 Å². The third kappa shape index (κ3) is 12.2. The summed E-state index contributed by atoms with van der Waals surface area (Å²) in [5.41, 5.74) is 0. The fourth-order valence-corrected chi connectivity index (χ4v) is 2.40. The molecule has 0 fully saturated rings. The van der Waals surface area contributed by atoms with Gasteiger partial charge in [-0.2, -0.15) is 0 Å². The third-order valence-corrected chi connectivity index (χ3v) is 3.69. The maximum atomic E-state index is 9.32. The SMILES string of the molecule is CCCCCCCC[C@H](CO)CCCCCC. The molecule has 1 nitrogen and oxygen atoms in total. The van der Waals surface area contributed by atoms with Crippen molar-refractivity contribution in [2.45, 2.75) is 90.9 Å².